The summed E-state index contributed by atoms with van der Waals surface area (Å²) in [5.74, 6) is -0.160. The van der Waals surface area contributed by atoms with Gasteiger partial charge in [-0.15, -0.1) is 0 Å². The zero-order valence-corrected chi connectivity index (χ0v) is 10.7. The Hall–Kier alpha value is -1.02. The minimum Gasteiger partial charge on any atom is -0.463 e. The molecule has 0 radical (unpaired) electrons. The number of aryl methyl sites for hydroxylation is 2. The summed E-state index contributed by atoms with van der Waals surface area (Å²) >= 11 is 6.00. The summed E-state index contributed by atoms with van der Waals surface area (Å²) in [6.45, 7) is 5.65. The number of carbonyl (C=O) groups is 1. The summed E-state index contributed by atoms with van der Waals surface area (Å²) in [6.07, 6.45) is 1.03. The van der Waals surface area contributed by atoms with E-state index in [4.69, 9.17) is 16.3 Å². The minimum atomic E-state index is -0.160. The molecule has 16 heavy (non-hydrogen) atoms. The molecule has 0 aromatic heterocycles. The maximum atomic E-state index is 11.3. The summed E-state index contributed by atoms with van der Waals surface area (Å²) < 4.78 is 5.05. The van der Waals surface area contributed by atoms with Gasteiger partial charge in [-0.2, -0.15) is 0 Å². The predicted molar refractivity (Wildman–Crippen MR) is 65.7 cm³/mol. The van der Waals surface area contributed by atoms with Gasteiger partial charge >= 0.3 is 5.97 Å². The molecule has 88 valence electrons. The molecule has 1 aromatic rings. The van der Waals surface area contributed by atoms with E-state index < -0.39 is 0 Å². The van der Waals surface area contributed by atoms with Crippen LogP contribution >= 0.6 is 11.6 Å². The Morgan fingerprint density at radius 3 is 2.69 bits per heavy atom. The lowest BCUT2D eigenvalue weighted by Gasteiger charge is -2.08. The molecule has 1 rings (SSSR count). The lowest BCUT2D eigenvalue weighted by atomic mass is 10.1. The summed E-state index contributed by atoms with van der Waals surface area (Å²) in [5, 5.41) is 0.745. The van der Waals surface area contributed by atoms with Crippen LogP contribution < -0.4 is 0 Å². The van der Waals surface area contributed by atoms with E-state index in [1.165, 1.54) is 0 Å². The number of rotatable bonds is 4. The zero-order chi connectivity index (χ0) is 12.1. The Labute approximate surface area is 102 Å². The van der Waals surface area contributed by atoms with E-state index in [0.29, 0.717) is 12.8 Å². The topological polar surface area (TPSA) is 26.3 Å². The average Bonchev–Trinajstić information content (AvgIpc) is 2.19. The molecule has 0 fully saturated rings. The van der Waals surface area contributed by atoms with Gasteiger partial charge < -0.3 is 4.74 Å². The zero-order valence-electron chi connectivity index (χ0n) is 9.92. The first kappa shape index (κ1) is 13.0. The SMILES string of the molecule is Cc1ccc(CCC(=O)OC(C)C)cc1Cl. The van der Waals surface area contributed by atoms with Gasteiger partial charge in [0.05, 0.1) is 6.10 Å². The van der Waals surface area contributed by atoms with Crippen molar-refractivity contribution in [3.8, 4) is 0 Å². The van der Waals surface area contributed by atoms with E-state index >= 15 is 0 Å². The van der Waals surface area contributed by atoms with Crippen LogP contribution in [0.3, 0.4) is 0 Å². The molecule has 0 amide bonds. The standard InChI is InChI=1S/C13H17ClO2/c1-9(2)16-13(15)7-6-11-5-4-10(3)12(14)8-11/h4-5,8-9H,6-7H2,1-3H3. The molecule has 2 nitrogen and oxygen atoms in total. The molecule has 3 heteroatoms. The Balaban J connectivity index is 2.48. The molecule has 0 bridgehead atoms. The van der Waals surface area contributed by atoms with Crippen LogP contribution in [0.4, 0.5) is 0 Å². The lowest BCUT2D eigenvalue weighted by molar-refractivity contribution is -0.147. The molecule has 1 aromatic carbocycles. The van der Waals surface area contributed by atoms with Gasteiger partial charge in [-0.25, -0.2) is 0 Å². The summed E-state index contributed by atoms with van der Waals surface area (Å²) in [4.78, 5) is 11.3. The van der Waals surface area contributed by atoms with Gasteiger partial charge in [0.2, 0.25) is 0 Å². The van der Waals surface area contributed by atoms with Crippen molar-refractivity contribution in [2.24, 2.45) is 0 Å². The predicted octanol–water partition coefficient (Wildman–Crippen LogP) is 3.53. The third-order valence-corrected chi connectivity index (χ3v) is 2.63. The number of hydrogen-bond acceptors (Lipinski definition) is 2. The smallest absolute Gasteiger partial charge is 0.306 e. The molecule has 0 unspecified atom stereocenters. The molecular weight excluding hydrogens is 224 g/mol. The van der Waals surface area contributed by atoms with E-state index in [9.17, 15) is 4.79 Å². The van der Waals surface area contributed by atoms with Gasteiger partial charge in [0.15, 0.2) is 0 Å². The second kappa shape index (κ2) is 5.90. The first-order valence-electron chi connectivity index (χ1n) is 5.43. The lowest BCUT2D eigenvalue weighted by Crippen LogP contribution is -2.11. The molecule has 0 atom stereocenters. The molecule has 0 saturated heterocycles. The highest BCUT2D eigenvalue weighted by molar-refractivity contribution is 6.31. The fraction of sp³-hybridized carbons (Fsp3) is 0.462. The van der Waals surface area contributed by atoms with Crippen LogP contribution in [-0.4, -0.2) is 12.1 Å². The van der Waals surface area contributed by atoms with Crippen molar-refractivity contribution in [1.29, 1.82) is 0 Å². The van der Waals surface area contributed by atoms with Gasteiger partial charge in [0, 0.05) is 11.4 Å². The van der Waals surface area contributed by atoms with Crippen molar-refractivity contribution in [3.05, 3.63) is 34.3 Å². The monoisotopic (exact) mass is 240 g/mol. The fourth-order valence-electron chi connectivity index (χ4n) is 1.36. The molecule has 0 aliphatic heterocycles. The third-order valence-electron chi connectivity index (χ3n) is 2.22. The largest absolute Gasteiger partial charge is 0.463 e. The number of benzene rings is 1. The second-order valence-electron chi connectivity index (χ2n) is 4.12. The maximum absolute atomic E-state index is 11.3. The van der Waals surface area contributed by atoms with E-state index in [0.717, 1.165) is 16.1 Å². The molecule has 0 spiro atoms. The molecule has 0 aliphatic carbocycles. The molecular formula is C13H17ClO2. The van der Waals surface area contributed by atoms with Gasteiger partial charge in [-0.1, -0.05) is 23.7 Å². The summed E-state index contributed by atoms with van der Waals surface area (Å²) in [6, 6.07) is 5.86. The number of ether oxygens (including phenoxy) is 1. The first-order valence-corrected chi connectivity index (χ1v) is 5.81. The van der Waals surface area contributed by atoms with Crippen molar-refractivity contribution in [3.63, 3.8) is 0 Å². The Morgan fingerprint density at radius 2 is 2.12 bits per heavy atom. The molecule has 0 N–H and O–H groups in total. The maximum Gasteiger partial charge on any atom is 0.306 e. The molecule has 0 aliphatic rings. The molecule has 0 heterocycles. The van der Waals surface area contributed by atoms with Crippen LogP contribution in [0.25, 0.3) is 0 Å². The van der Waals surface area contributed by atoms with Crippen molar-refractivity contribution in [2.45, 2.75) is 39.7 Å². The van der Waals surface area contributed by atoms with Gasteiger partial charge in [-0.05, 0) is 44.4 Å². The van der Waals surface area contributed by atoms with Crippen molar-refractivity contribution in [2.75, 3.05) is 0 Å². The van der Waals surface area contributed by atoms with Gasteiger partial charge in [0.1, 0.15) is 0 Å². The van der Waals surface area contributed by atoms with Crippen molar-refractivity contribution >= 4 is 17.6 Å². The summed E-state index contributed by atoms with van der Waals surface area (Å²) in [5.41, 5.74) is 2.12. The highest BCUT2D eigenvalue weighted by Crippen LogP contribution is 2.17. The Bertz CT molecular complexity index is 372. The van der Waals surface area contributed by atoms with E-state index in [2.05, 4.69) is 0 Å². The number of carbonyl (C=O) groups excluding carboxylic acids is 1. The number of esters is 1. The third kappa shape index (κ3) is 4.23. The van der Waals surface area contributed by atoms with Crippen molar-refractivity contribution in [1.82, 2.24) is 0 Å². The van der Waals surface area contributed by atoms with Crippen LogP contribution in [-0.2, 0) is 16.0 Å². The van der Waals surface area contributed by atoms with E-state index in [1.54, 1.807) is 0 Å². The second-order valence-corrected chi connectivity index (χ2v) is 4.53. The first-order chi connectivity index (χ1) is 7.49. The fourth-order valence-corrected chi connectivity index (χ4v) is 1.56. The van der Waals surface area contributed by atoms with Crippen LogP contribution in [0.1, 0.15) is 31.4 Å². The van der Waals surface area contributed by atoms with Crippen molar-refractivity contribution < 1.29 is 9.53 Å². The number of halogens is 1. The highest BCUT2D eigenvalue weighted by Gasteiger charge is 2.06. The van der Waals surface area contributed by atoms with E-state index in [-0.39, 0.29) is 12.1 Å². The average molecular weight is 241 g/mol. The highest BCUT2D eigenvalue weighted by atomic mass is 35.5. The quantitative estimate of drug-likeness (QED) is 0.753. The molecule has 0 saturated carbocycles. The Morgan fingerprint density at radius 1 is 1.44 bits per heavy atom. The Kier molecular flexibility index (Phi) is 4.81. The van der Waals surface area contributed by atoms with Gasteiger partial charge in [-0.3, -0.25) is 4.79 Å². The van der Waals surface area contributed by atoms with Crippen LogP contribution in [0.2, 0.25) is 5.02 Å². The van der Waals surface area contributed by atoms with Crippen LogP contribution in [0.5, 0.6) is 0 Å². The van der Waals surface area contributed by atoms with Crippen LogP contribution in [0.15, 0.2) is 18.2 Å². The number of hydrogen-bond donors (Lipinski definition) is 0. The van der Waals surface area contributed by atoms with E-state index in [1.807, 2.05) is 39.0 Å². The summed E-state index contributed by atoms with van der Waals surface area (Å²) in [7, 11) is 0. The van der Waals surface area contributed by atoms with Gasteiger partial charge in [0.25, 0.3) is 0 Å². The normalized spacial score (nSPS) is 10.6. The minimum absolute atomic E-state index is 0.0471. The van der Waals surface area contributed by atoms with Crippen LogP contribution in [0, 0.1) is 6.92 Å².